The summed E-state index contributed by atoms with van der Waals surface area (Å²) >= 11 is 0. The van der Waals surface area contributed by atoms with Gasteiger partial charge in [0.2, 0.25) is 0 Å². The molecule has 1 aromatic rings. The molecule has 0 radical (unpaired) electrons. The Morgan fingerprint density at radius 2 is 1.77 bits per heavy atom. The molecule has 0 aliphatic carbocycles. The highest BCUT2D eigenvalue weighted by atomic mass is 32.2. The number of rotatable bonds is 6. The van der Waals surface area contributed by atoms with Crippen LogP contribution in [0.1, 0.15) is 40.2 Å². The maximum absolute atomic E-state index is 12.8. The fraction of sp³-hybridized carbons (Fsp3) is 0.714. The molecule has 1 aromatic carbocycles. The number of aryl methyl sites for hydroxylation is 1. The smallest absolute Gasteiger partial charge is 0.297 e. The van der Waals surface area contributed by atoms with Crippen molar-refractivity contribution in [2.45, 2.75) is 88.4 Å². The van der Waals surface area contributed by atoms with Crippen molar-refractivity contribution in [3.8, 4) is 0 Å². The fourth-order valence-electron chi connectivity index (χ4n) is 3.39. The minimum absolute atomic E-state index is 0.0561. The Morgan fingerprint density at radius 3 is 2.33 bits per heavy atom. The van der Waals surface area contributed by atoms with E-state index in [2.05, 4.69) is 33.9 Å². The third-order valence-corrected chi connectivity index (χ3v) is 11.9. The van der Waals surface area contributed by atoms with Gasteiger partial charge < -0.3 is 18.6 Å². The number of hydrogen-bond acceptors (Lipinski definition) is 7. The normalized spacial score (nSPS) is 29.2. The Labute approximate surface area is 181 Å². The molecule has 2 heterocycles. The standard InChI is InChI=1S/C21H34O7SSi/c1-15-9-11-16(12-10-15)29(22,23)25-14-21-17(26-20(5,6)28-21)13-24-18(21)27-30(7,8)19(2,3)4/h9-12,17-18H,13-14H2,1-8H3/t17-,18?,21-/m1/s1. The van der Waals surface area contributed by atoms with Crippen molar-refractivity contribution in [2.75, 3.05) is 13.2 Å². The molecule has 3 rings (SSSR count). The first kappa shape index (κ1) is 23.8. The monoisotopic (exact) mass is 458 g/mol. The van der Waals surface area contributed by atoms with Crippen molar-refractivity contribution in [2.24, 2.45) is 0 Å². The van der Waals surface area contributed by atoms with Gasteiger partial charge in [0.05, 0.1) is 11.5 Å². The van der Waals surface area contributed by atoms with E-state index in [1.807, 2.05) is 6.92 Å². The van der Waals surface area contributed by atoms with E-state index < -0.39 is 42.2 Å². The maximum atomic E-state index is 12.8. The highest BCUT2D eigenvalue weighted by molar-refractivity contribution is 7.86. The summed E-state index contributed by atoms with van der Waals surface area (Å²) in [6, 6.07) is 6.53. The van der Waals surface area contributed by atoms with E-state index in [-0.39, 0.29) is 23.1 Å². The summed E-state index contributed by atoms with van der Waals surface area (Å²) in [5.41, 5.74) is -0.203. The van der Waals surface area contributed by atoms with E-state index in [0.717, 1.165) is 5.56 Å². The summed E-state index contributed by atoms with van der Waals surface area (Å²) in [7, 11) is -6.21. The van der Waals surface area contributed by atoms with E-state index in [0.29, 0.717) is 0 Å². The van der Waals surface area contributed by atoms with Gasteiger partial charge in [-0.3, -0.25) is 4.18 Å². The van der Waals surface area contributed by atoms with Gasteiger partial charge in [0.25, 0.3) is 10.1 Å². The van der Waals surface area contributed by atoms with E-state index in [1.165, 1.54) is 12.1 Å². The molecule has 2 aliphatic rings. The molecule has 0 aromatic heterocycles. The molecule has 2 aliphatic heterocycles. The second kappa shape index (κ2) is 7.65. The lowest BCUT2D eigenvalue weighted by Gasteiger charge is -2.42. The first-order valence-corrected chi connectivity index (χ1v) is 14.5. The molecule has 0 bridgehead atoms. The number of ether oxygens (including phenoxy) is 3. The summed E-state index contributed by atoms with van der Waals surface area (Å²) in [4.78, 5) is 0.0972. The van der Waals surface area contributed by atoms with E-state index in [1.54, 1.807) is 26.0 Å². The van der Waals surface area contributed by atoms with Gasteiger partial charge >= 0.3 is 0 Å². The molecule has 170 valence electrons. The zero-order chi connectivity index (χ0) is 22.6. The molecule has 0 N–H and O–H groups in total. The van der Waals surface area contributed by atoms with Gasteiger partial charge in [-0.05, 0) is 51.0 Å². The summed E-state index contributed by atoms with van der Waals surface area (Å²) < 4.78 is 55.8. The number of hydrogen-bond donors (Lipinski definition) is 0. The second-order valence-electron chi connectivity index (χ2n) is 10.1. The van der Waals surface area contributed by atoms with Gasteiger partial charge in [0.15, 0.2) is 26.0 Å². The molecular weight excluding hydrogens is 424 g/mol. The lowest BCUT2D eigenvalue weighted by atomic mass is 10.0. The predicted molar refractivity (Wildman–Crippen MR) is 115 cm³/mol. The third kappa shape index (κ3) is 4.53. The van der Waals surface area contributed by atoms with Crippen molar-refractivity contribution >= 4 is 18.4 Å². The van der Waals surface area contributed by atoms with Crippen LogP contribution in [0.2, 0.25) is 18.1 Å². The molecule has 2 saturated heterocycles. The zero-order valence-corrected chi connectivity index (χ0v) is 21.0. The first-order chi connectivity index (χ1) is 13.6. The molecule has 30 heavy (non-hydrogen) atoms. The van der Waals surface area contributed by atoms with Crippen molar-refractivity contribution < 1.29 is 31.2 Å². The Balaban J connectivity index is 1.87. The molecule has 0 amide bonds. The highest BCUT2D eigenvalue weighted by Gasteiger charge is 2.65. The van der Waals surface area contributed by atoms with Crippen LogP contribution in [0.4, 0.5) is 0 Å². The van der Waals surface area contributed by atoms with Crippen LogP contribution in [0.3, 0.4) is 0 Å². The van der Waals surface area contributed by atoms with Gasteiger partial charge in [0.1, 0.15) is 12.7 Å². The minimum Gasteiger partial charge on any atom is -0.390 e. The highest BCUT2D eigenvalue weighted by Crippen LogP contribution is 2.48. The van der Waals surface area contributed by atoms with Crippen LogP contribution in [0, 0.1) is 6.92 Å². The lowest BCUT2D eigenvalue weighted by Crippen LogP contribution is -2.56. The van der Waals surface area contributed by atoms with Gasteiger partial charge in [0, 0.05) is 0 Å². The van der Waals surface area contributed by atoms with Crippen LogP contribution >= 0.6 is 0 Å². The average Bonchev–Trinajstić information content (AvgIpc) is 3.03. The minimum atomic E-state index is -3.98. The molecule has 2 fully saturated rings. The largest absolute Gasteiger partial charge is 0.390 e. The van der Waals surface area contributed by atoms with E-state index in [9.17, 15) is 8.42 Å². The summed E-state index contributed by atoms with van der Waals surface area (Å²) in [6.07, 6.45) is -1.27. The van der Waals surface area contributed by atoms with Crippen LogP contribution in [-0.2, 0) is 32.9 Å². The van der Waals surface area contributed by atoms with E-state index in [4.69, 9.17) is 22.8 Å². The average molecular weight is 459 g/mol. The third-order valence-electron chi connectivity index (χ3n) is 6.16. The van der Waals surface area contributed by atoms with Gasteiger partial charge in [-0.15, -0.1) is 0 Å². The Bertz CT molecular complexity index is 874. The Morgan fingerprint density at radius 1 is 1.17 bits per heavy atom. The van der Waals surface area contributed by atoms with Crippen molar-refractivity contribution in [3.63, 3.8) is 0 Å². The van der Waals surface area contributed by atoms with Gasteiger partial charge in [-0.1, -0.05) is 38.5 Å². The van der Waals surface area contributed by atoms with Crippen molar-refractivity contribution in [1.82, 2.24) is 0 Å². The summed E-state index contributed by atoms with van der Waals surface area (Å²) in [5, 5.41) is -0.0561. The van der Waals surface area contributed by atoms with Crippen LogP contribution in [0.15, 0.2) is 29.2 Å². The first-order valence-electron chi connectivity index (χ1n) is 10.2. The molecular formula is C21H34O7SSi. The van der Waals surface area contributed by atoms with Gasteiger partial charge in [-0.2, -0.15) is 8.42 Å². The summed E-state index contributed by atoms with van der Waals surface area (Å²) in [6.45, 7) is 16.1. The van der Waals surface area contributed by atoms with E-state index >= 15 is 0 Å². The molecule has 0 spiro atoms. The van der Waals surface area contributed by atoms with Crippen LogP contribution in [0.5, 0.6) is 0 Å². The summed E-state index contributed by atoms with van der Waals surface area (Å²) in [5.74, 6) is -0.902. The zero-order valence-electron chi connectivity index (χ0n) is 19.1. The molecule has 3 atom stereocenters. The van der Waals surface area contributed by atoms with Crippen LogP contribution < -0.4 is 0 Å². The second-order valence-corrected chi connectivity index (χ2v) is 16.5. The Kier molecular flexibility index (Phi) is 6.08. The molecule has 0 saturated carbocycles. The molecule has 1 unspecified atom stereocenters. The number of benzene rings is 1. The number of fused-ring (bicyclic) bond motifs is 1. The topological polar surface area (TPSA) is 80.3 Å². The Hall–Kier alpha value is -0.813. The fourth-order valence-corrected chi connectivity index (χ4v) is 5.49. The molecule has 9 heteroatoms. The van der Waals surface area contributed by atoms with Crippen LogP contribution in [-0.4, -0.2) is 53.7 Å². The predicted octanol–water partition coefficient (Wildman–Crippen LogP) is 3.97. The van der Waals surface area contributed by atoms with Crippen molar-refractivity contribution in [1.29, 1.82) is 0 Å². The molecule has 7 nitrogen and oxygen atoms in total. The lowest BCUT2D eigenvalue weighted by molar-refractivity contribution is -0.237. The SMILES string of the molecule is Cc1ccc(S(=O)(=O)OC[C@@]23OC(C)(C)O[C@@H]2COC3O[Si](C)(C)C(C)(C)C)cc1. The van der Waals surface area contributed by atoms with Gasteiger partial charge in [-0.25, -0.2) is 0 Å². The quantitative estimate of drug-likeness (QED) is 0.471. The van der Waals surface area contributed by atoms with Crippen molar-refractivity contribution in [3.05, 3.63) is 29.8 Å². The van der Waals surface area contributed by atoms with Crippen LogP contribution in [0.25, 0.3) is 0 Å². The maximum Gasteiger partial charge on any atom is 0.297 e.